The minimum absolute atomic E-state index is 0.253. The molecule has 0 aliphatic carbocycles. The van der Waals surface area contributed by atoms with Crippen LogP contribution in [0.15, 0.2) is 18.2 Å². The van der Waals surface area contributed by atoms with E-state index in [1.807, 2.05) is 18.2 Å². The van der Waals surface area contributed by atoms with Gasteiger partial charge in [0, 0.05) is 24.0 Å². The van der Waals surface area contributed by atoms with E-state index in [0.29, 0.717) is 6.04 Å². The summed E-state index contributed by atoms with van der Waals surface area (Å²) in [6.07, 6.45) is 3.64. The number of fused-ring (bicyclic) bond motifs is 1. The van der Waals surface area contributed by atoms with Gasteiger partial charge in [0.2, 0.25) is 0 Å². The third-order valence-corrected chi connectivity index (χ3v) is 3.41. The number of hydrogen-bond acceptors (Lipinski definition) is 2. The summed E-state index contributed by atoms with van der Waals surface area (Å²) in [5, 5.41) is 4.31. The van der Waals surface area contributed by atoms with E-state index in [1.165, 1.54) is 18.4 Å². The summed E-state index contributed by atoms with van der Waals surface area (Å²) in [6, 6.07) is 6.42. The summed E-state index contributed by atoms with van der Waals surface area (Å²) in [6.45, 7) is 5.35. The fraction of sp³-hybridized carbons (Fsp3) is 0.571. The van der Waals surface area contributed by atoms with E-state index < -0.39 is 0 Å². The lowest BCUT2D eigenvalue weighted by Gasteiger charge is -2.16. The normalized spacial score (nSPS) is 19.8. The maximum atomic E-state index is 5.97. The number of hydrogen-bond donors (Lipinski definition) is 1. The highest BCUT2D eigenvalue weighted by atomic mass is 35.5. The predicted octanol–water partition coefficient (Wildman–Crippen LogP) is 3.42. The van der Waals surface area contributed by atoms with Crippen LogP contribution in [0.2, 0.25) is 5.02 Å². The Balaban J connectivity index is 1.84. The molecule has 1 N–H and O–H groups in total. The van der Waals surface area contributed by atoms with Crippen molar-refractivity contribution in [1.29, 1.82) is 0 Å². The molecule has 0 amide bonds. The fourth-order valence-corrected chi connectivity index (χ4v) is 2.47. The molecule has 1 heterocycles. The van der Waals surface area contributed by atoms with Crippen molar-refractivity contribution in [2.24, 2.45) is 0 Å². The molecule has 0 saturated heterocycles. The van der Waals surface area contributed by atoms with Gasteiger partial charge in [-0.05, 0) is 37.1 Å². The average Bonchev–Trinajstić information content (AvgIpc) is 2.68. The second-order valence-corrected chi connectivity index (χ2v) is 5.23. The Kier molecular flexibility index (Phi) is 4.30. The quantitative estimate of drug-likeness (QED) is 0.868. The van der Waals surface area contributed by atoms with Crippen molar-refractivity contribution in [3.8, 4) is 5.75 Å². The summed E-state index contributed by atoms with van der Waals surface area (Å²) in [5.74, 6) is 0.990. The van der Waals surface area contributed by atoms with Crippen LogP contribution < -0.4 is 10.1 Å². The molecule has 2 rings (SSSR count). The van der Waals surface area contributed by atoms with Gasteiger partial charge in [-0.2, -0.15) is 0 Å². The fourth-order valence-electron chi connectivity index (χ4n) is 2.27. The number of rotatable bonds is 5. The molecular formula is C14H20ClNO. The summed E-state index contributed by atoms with van der Waals surface area (Å²) in [7, 11) is 0. The van der Waals surface area contributed by atoms with Gasteiger partial charge >= 0.3 is 0 Å². The van der Waals surface area contributed by atoms with Crippen LogP contribution in [0.4, 0.5) is 0 Å². The van der Waals surface area contributed by atoms with Gasteiger partial charge in [0.15, 0.2) is 0 Å². The van der Waals surface area contributed by atoms with Gasteiger partial charge in [0.1, 0.15) is 11.9 Å². The lowest BCUT2D eigenvalue weighted by Crippen LogP contribution is -2.35. The lowest BCUT2D eigenvalue weighted by molar-refractivity contribution is 0.221. The number of ether oxygens (including phenoxy) is 1. The molecule has 2 nitrogen and oxygen atoms in total. The molecular weight excluding hydrogens is 234 g/mol. The van der Waals surface area contributed by atoms with Crippen molar-refractivity contribution in [2.45, 2.75) is 45.3 Å². The van der Waals surface area contributed by atoms with Crippen LogP contribution in [0.25, 0.3) is 0 Å². The monoisotopic (exact) mass is 253 g/mol. The van der Waals surface area contributed by atoms with Gasteiger partial charge in [-0.15, -0.1) is 0 Å². The minimum atomic E-state index is 0.253. The summed E-state index contributed by atoms with van der Waals surface area (Å²) in [5.41, 5.74) is 1.23. The first-order valence-electron chi connectivity index (χ1n) is 6.37. The second kappa shape index (κ2) is 5.74. The Morgan fingerprint density at radius 2 is 2.35 bits per heavy atom. The van der Waals surface area contributed by atoms with E-state index >= 15 is 0 Å². The highest BCUT2D eigenvalue weighted by Crippen LogP contribution is 2.30. The average molecular weight is 254 g/mol. The maximum absolute atomic E-state index is 5.97. The molecule has 0 radical (unpaired) electrons. The molecule has 94 valence electrons. The zero-order chi connectivity index (χ0) is 12.3. The Hall–Kier alpha value is -0.730. The van der Waals surface area contributed by atoms with E-state index in [1.54, 1.807) is 0 Å². The number of nitrogens with one attached hydrogen (secondary N) is 1. The molecule has 2 atom stereocenters. The van der Waals surface area contributed by atoms with Crippen LogP contribution in [0.1, 0.15) is 32.3 Å². The van der Waals surface area contributed by atoms with Gasteiger partial charge in [-0.3, -0.25) is 0 Å². The summed E-state index contributed by atoms with van der Waals surface area (Å²) >= 11 is 5.97. The van der Waals surface area contributed by atoms with Gasteiger partial charge in [0.25, 0.3) is 0 Å². The predicted molar refractivity (Wildman–Crippen MR) is 71.9 cm³/mol. The SMILES string of the molecule is CCCC(C)NCC1Cc2cc(Cl)ccc2O1. The first-order valence-corrected chi connectivity index (χ1v) is 6.75. The smallest absolute Gasteiger partial charge is 0.123 e. The van der Waals surface area contributed by atoms with Crippen LogP contribution in [0.3, 0.4) is 0 Å². The first kappa shape index (κ1) is 12.7. The van der Waals surface area contributed by atoms with Crippen LogP contribution in [-0.4, -0.2) is 18.7 Å². The molecule has 0 aromatic heterocycles. The van der Waals surface area contributed by atoms with Crippen LogP contribution in [0.5, 0.6) is 5.75 Å². The molecule has 0 fully saturated rings. The third kappa shape index (κ3) is 3.36. The highest BCUT2D eigenvalue weighted by Gasteiger charge is 2.22. The van der Waals surface area contributed by atoms with E-state index in [0.717, 1.165) is 23.7 Å². The third-order valence-electron chi connectivity index (χ3n) is 3.18. The second-order valence-electron chi connectivity index (χ2n) is 4.79. The number of benzene rings is 1. The molecule has 17 heavy (non-hydrogen) atoms. The molecule has 0 bridgehead atoms. The molecule has 1 aliphatic rings. The van der Waals surface area contributed by atoms with Gasteiger partial charge in [-0.1, -0.05) is 24.9 Å². The van der Waals surface area contributed by atoms with Crippen molar-refractivity contribution in [2.75, 3.05) is 6.54 Å². The van der Waals surface area contributed by atoms with E-state index in [9.17, 15) is 0 Å². The van der Waals surface area contributed by atoms with Crippen molar-refractivity contribution < 1.29 is 4.74 Å². The van der Waals surface area contributed by atoms with Crippen LogP contribution >= 0.6 is 11.6 Å². The number of halogens is 1. The zero-order valence-electron chi connectivity index (χ0n) is 10.5. The molecule has 3 heteroatoms. The van der Waals surface area contributed by atoms with Crippen molar-refractivity contribution in [3.63, 3.8) is 0 Å². The highest BCUT2D eigenvalue weighted by molar-refractivity contribution is 6.30. The zero-order valence-corrected chi connectivity index (χ0v) is 11.3. The van der Waals surface area contributed by atoms with Gasteiger partial charge < -0.3 is 10.1 Å². The molecule has 1 aromatic rings. The van der Waals surface area contributed by atoms with Crippen LogP contribution in [-0.2, 0) is 6.42 Å². The Labute approximate surface area is 108 Å². The summed E-state index contributed by atoms with van der Waals surface area (Å²) in [4.78, 5) is 0. The van der Waals surface area contributed by atoms with Crippen molar-refractivity contribution >= 4 is 11.6 Å². The minimum Gasteiger partial charge on any atom is -0.488 e. The standard InChI is InChI=1S/C14H20ClNO/c1-3-4-10(2)16-9-13-8-11-7-12(15)5-6-14(11)17-13/h5-7,10,13,16H,3-4,8-9H2,1-2H3. The summed E-state index contributed by atoms with van der Waals surface area (Å²) < 4.78 is 5.87. The van der Waals surface area contributed by atoms with Gasteiger partial charge in [-0.25, -0.2) is 0 Å². The van der Waals surface area contributed by atoms with Crippen molar-refractivity contribution in [3.05, 3.63) is 28.8 Å². The Morgan fingerprint density at radius 1 is 1.53 bits per heavy atom. The first-order chi connectivity index (χ1) is 8.19. The van der Waals surface area contributed by atoms with Crippen molar-refractivity contribution in [1.82, 2.24) is 5.32 Å². The van der Waals surface area contributed by atoms with E-state index in [-0.39, 0.29) is 6.10 Å². The van der Waals surface area contributed by atoms with Crippen LogP contribution in [0, 0.1) is 0 Å². The molecule has 1 aromatic carbocycles. The Morgan fingerprint density at radius 3 is 3.12 bits per heavy atom. The van der Waals surface area contributed by atoms with E-state index in [2.05, 4.69) is 19.2 Å². The van der Waals surface area contributed by atoms with E-state index in [4.69, 9.17) is 16.3 Å². The molecule has 0 saturated carbocycles. The molecule has 1 aliphatic heterocycles. The molecule has 2 unspecified atom stereocenters. The Bertz CT molecular complexity index is 380. The maximum Gasteiger partial charge on any atom is 0.123 e. The van der Waals surface area contributed by atoms with Gasteiger partial charge in [0.05, 0.1) is 0 Å². The largest absolute Gasteiger partial charge is 0.488 e. The lowest BCUT2D eigenvalue weighted by atomic mass is 10.1. The molecule has 0 spiro atoms. The topological polar surface area (TPSA) is 21.3 Å².